The highest BCUT2D eigenvalue weighted by Crippen LogP contribution is 2.27. The van der Waals surface area contributed by atoms with Gasteiger partial charge in [-0.25, -0.2) is 4.79 Å². The fourth-order valence-corrected chi connectivity index (χ4v) is 1.75. The van der Waals surface area contributed by atoms with E-state index in [2.05, 4.69) is 15.9 Å². The van der Waals surface area contributed by atoms with Gasteiger partial charge in [-0.1, -0.05) is 15.9 Å². The van der Waals surface area contributed by atoms with Crippen molar-refractivity contribution < 1.29 is 19.1 Å². The van der Waals surface area contributed by atoms with Crippen molar-refractivity contribution in [2.75, 3.05) is 0 Å². The van der Waals surface area contributed by atoms with Gasteiger partial charge in [0.2, 0.25) is 0 Å². The SMILES string of the molecule is CC(C)(C)OC(=O)C(C)(C)Oc1cc(Br)ccc1C=O. The number of hydrogen-bond acceptors (Lipinski definition) is 4. The molecule has 0 aliphatic heterocycles. The first-order chi connectivity index (χ1) is 9.05. The molecular formula is C15H19BrO4. The van der Waals surface area contributed by atoms with Crippen LogP contribution in [0, 0.1) is 0 Å². The summed E-state index contributed by atoms with van der Waals surface area (Å²) < 4.78 is 11.8. The summed E-state index contributed by atoms with van der Waals surface area (Å²) in [5.74, 6) is -0.146. The van der Waals surface area contributed by atoms with Gasteiger partial charge in [-0.05, 0) is 52.8 Å². The summed E-state index contributed by atoms with van der Waals surface area (Å²) in [7, 11) is 0. The molecule has 0 spiro atoms. The van der Waals surface area contributed by atoms with Crippen LogP contribution in [0.15, 0.2) is 22.7 Å². The maximum absolute atomic E-state index is 12.1. The lowest BCUT2D eigenvalue weighted by Crippen LogP contribution is -2.43. The summed E-state index contributed by atoms with van der Waals surface area (Å²) in [5, 5.41) is 0. The Morgan fingerprint density at radius 2 is 1.80 bits per heavy atom. The van der Waals surface area contributed by atoms with Crippen LogP contribution >= 0.6 is 15.9 Å². The lowest BCUT2D eigenvalue weighted by molar-refractivity contribution is -0.170. The van der Waals surface area contributed by atoms with E-state index in [1.165, 1.54) is 0 Å². The number of aldehydes is 1. The second-order valence-corrected chi connectivity index (χ2v) is 6.83. The highest BCUT2D eigenvalue weighted by molar-refractivity contribution is 9.10. The van der Waals surface area contributed by atoms with Crippen molar-refractivity contribution in [1.82, 2.24) is 0 Å². The van der Waals surface area contributed by atoms with Crippen LogP contribution in [0.3, 0.4) is 0 Å². The third-order valence-corrected chi connectivity index (χ3v) is 2.85. The van der Waals surface area contributed by atoms with Gasteiger partial charge in [0.25, 0.3) is 0 Å². The van der Waals surface area contributed by atoms with E-state index in [-0.39, 0.29) is 0 Å². The van der Waals surface area contributed by atoms with E-state index >= 15 is 0 Å². The first-order valence-corrected chi connectivity index (χ1v) is 7.02. The number of halogens is 1. The fourth-order valence-electron chi connectivity index (χ4n) is 1.41. The lowest BCUT2D eigenvalue weighted by atomic mass is 10.1. The van der Waals surface area contributed by atoms with E-state index in [0.29, 0.717) is 17.6 Å². The molecule has 1 aromatic carbocycles. The molecule has 0 aromatic heterocycles. The molecule has 4 nitrogen and oxygen atoms in total. The number of rotatable bonds is 4. The van der Waals surface area contributed by atoms with Crippen LogP contribution in [0.25, 0.3) is 0 Å². The Morgan fingerprint density at radius 1 is 1.20 bits per heavy atom. The number of carbonyl (C=O) groups excluding carboxylic acids is 2. The molecule has 1 aromatic rings. The van der Waals surface area contributed by atoms with Crippen LogP contribution in [-0.4, -0.2) is 23.5 Å². The van der Waals surface area contributed by atoms with Crippen molar-refractivity contribution in [3.05, 3.63) is 28.2 Å². The molecule has 0 radical (unpaired) electrons. The third-order valence-electron chi connectivity index (χ3n) is 2.36. The molecule has 1 rings (SSSR count). The van der Waals surface area contributed by atoms with Gasteiger partial charge in [0.05, 0.1) is 5.56 Å². The minimum atomic E-state index is -1.19. The summed E-state index contributed by atoms with van der Waals surface area (Å²) in [6.07, 6.45) is 0.687. The van der Waals surface area contributed by atoms with E-state index in [4.69, 9.17) is 9.47 Å². The van der Waals surface area contributed by atoms with Crippen LogP contribution in [0.2, 0.25) is 0 Å². The van der Waals surface area contributed by atoms with Crippen molar-refractivity contribution in [2.45, 2.75) is 45.8 Å². The van der Waals surface area contributed by atoms with Crippen molar-refractivity contribution in [2.24, 2.45) is 0 Å². The maximum Gasteiger partial charge on any atom is 0.350 e. The number of esters is 1. The molecule has 0 N–H and O–H groups in total. The molecule has 0 saturated carbocycles. The summed E-state index contributed by atoms with van der Waals surface area (Å²) in [6.45, 7) is 8.58. The van der Waals surface area contributed by atoms with E-state index in [1.807, 2.05) is 0 Å². The van der Waals surface area contributed by atoms with Crippen LogP contribution in [-0.2, 0) is 9.53 Å². The van der Waals surface area contributed by atoms with E-state index in [1.54, 1.807) is 52.8 Å². The van der Waals surface area contributed by atoms with Crippen LogP contribution in [0.4, 0.5) is 0 Å². The van der Waals surface area contributed by atoms with Gasteiger partial charge in [-0.3, -0.25) is 4.79 Å². The van der Waals surface area contributed by atoms with Crippen molar-refractivity contribution in [3.63, 3.8) is 0 Å². The Kier molecular flexibility index (Phi) is 4.97. The monoisotopic (exact) mass is 342 g/mol. The smallest absolute Gasteiger partial charge is 0.350 e. The molecule has 0 aliphatic rings. The zero-order chi connectivity index (χ0) is 15.6. The molecule has 0 atom stereocenters. The first kappa shape index (κ1) is 16.7. The number of hydrogen-bond donors (Lipinski definition) is 0. The second kappa shape index (κ2) is 5.95. The van der Waals surface area contributed by atoms with E-state index in [9.17, 15) is 9.59 Å². The lowest BCUT2D eigenvalue weighted by Gasteiger charge is -2.29. The number of carbonyl (C=O) groups is 2. The normalized spacial score (nSPS) is 11.9. The Balaban J connectivity index is 2.98. The highest BCUT2D eigenvalue weighted by Gasteiger charge is 2.35. The Bertz CT molecular complexity index is 515. The molecule has 0 unspecified atom stereocenters. The third kappa shape index (κ3) is 4.63. The predicted octanol–water partition coefficient (Wildman–Crippen LogP) is 3.76. The molecule has 0 amide bonds. The summed E-state index contributed by atoms with van der Waals surface area (Å²) in [4.78, 5) is 23.1. The number of benzene rings is 1. The Hall–Kier alpha value is -1.36. The average Bonchev–Trinajstić information content (AvgIpc) is 2.26. The quantitative estimate of drug-likeness (QED) is 0.617. The second-order valence-electron chi connectivity index (χ2n) is 5.91. The van der Waals surface area contributed by atoms with Crippen molar-refractivity contribution in [3.8, 4) is 5.75 Å². The molecule has 0 heterocycles. The van der Waals surface area contributed by atoms with Crippen molar-refractivity contribution >= 4 is 28.2 Å². The van der Waals surface area contributed by atoms with Crippen LogP contribution < -0.4 is 4.74 Å². The topological polar surface area (TPSA) is 52.6 Å². The average molecular weight is 343 g/mol. The molecule has 5 heteroatoms. The molecule has 0 aliphatic carbocycles. The predicted molar refractivity (Wildman–Crippen MR) is 80.1 cm³/mol. The van der Waals surface area contributed by atoms with Gasteiger partial charge in [0.15, 0.2) is 11.9 Å². The number of ether oxygens (including phenoxy) is 2. The van der Waals surface area contributed by atoms with E-state index < -0.39 is 17.2 Å². The minimum absolute atomic E-state index is 0.338. The largest absolute Gasteiger partial charge is 0.475 e. The summed E-state index contributed by atoms with van der Waals surface area (Å²) >= 11 is 3.31. The fraction of sp³-hybridized carbons (Fsp3) is 0.467. The molecule has 0 bridgehead atoms. The van der Waals surface area contributed by atoms with Crippen LogP contribution in [0.1, 0.15) is 45.0 Å². The molecule has 20 heavy (non-hydrogen) atoms. The zero-order valence-electron chi connectivity index (χ0n) is 12.3. The molecular weight excluding hydrogens is 324 g/mol. The standard InChI is InChI=1S/C15H19BrO4/c1-14(2,3)20-13(18)15(4,5)19-12-8-11(16)7-6-10(12)9-17/h6-9H,1-5H3. The van der Waals surface area contributed by atoms with Crippen molar-refractivity contribution in [1.29, 1.82) is 0 Å². The molecule has 0 saturated heterocycles. The zero-order valence-corrected chi connectivity index (χ0v) is 13.9. The van der Waals surface area contributed by atoms with Crippen LogP contribution in [0.5, 0.6) is 5.75 Å². The maximum atomic E-state index is 12.1. The highest BCUT2D eigenvalue weighted by atomic mass is 79.9. The minimum Gasteiger partial charge on any atom is -0.475 e. The summed E-state index contributed by atoms with van der Waals surface area (Å²) in [6, 6.07) is 5.00. The van der Waals surface area contributed by atoms with Gasteiger partial charge in [0.1, 0.15) is 11.4 Å². The van der Waals surface area contributed by atoms with Gasteiger partial charge in [0, 0.05) is 4.47 Å². The summed E-state index contributed by atoms with van der Waals surface area (Å²) in [5.41, 5.74) is -1.40. The van der Waals surface area contributed by atoms with Gasteiger partial charge < -0.3 is 9.47 Å². The molecule has 110 valence electrons. The Labute approximate surface area is 127 Å². The Morgan fingerprint density at radius 3 is 2.30 bits per heavy atom. The van der Waals surface area contributed by atoms with Gasteiger partial charge in [-0.2, -0.15) is 0 Å². The van der Waals surface area contributed by atoms with Gasteiger partial charge in [-0.15, -0.1) is 0 Å². The molecule has 0 fully saturated rings. The van der Waals surface area contributed by atoms with E-state index in [0.717, 1.165) is 4.47 Å². The first-order valence-electron chi connectivity index (χ1n) is 6.22. The van der Waals surface area contributed by atoms with Gasteiger partial charge >= 0.3 is 5.97 Å².